The lowest BCUT2D eigenvalue weighted by Gasteiger charge is -2.09. The molecule has 1 rings (SSSR count). The molecule has 0 amide bonds. The number of methoxy groups -OCH3 is 2. The molecule has 1 aromatic rings. The van der Waals surface area contributed by atoms with Crippen molar-refractivity contribution in [2.75, 3.05) is 14.2 Å². The molecule has 0 unspecified atom stereocenters. The molecule has 0 bridgehead atoms. The van der Waals surface area contributed by atoms with E-state index in [-0.39, 0.29) is 17.2 Å². The average Bonchev–Trinajstić information content (AvgIpc) is 2.35. The van der Waals surface area contributed by atoms with Crippen LogP contribution in [0.5, 0.6) is 0 Å². The van der Waals surface area contributed by atoms with E-state index in [1.807, 2.05) is 13.8 Å². The summed E-state index contributed by atoms with van der Waals surface area (Å²) < 4.78 is 9.18. The number of hydrogen-bond acceptors (Lipinski definition) is 5. The van der Waals surface area contributed by atoms with Crippen molar-refractivity contribution < 1.29 is 19.1 Å². The largest absolute Gasteiger partial charge is 0.465 e. The molecule has 0 fully saturated rings. The molecular formula is C12H15NO4. The summed E-state index contributed by atoms with van der Waals surface area (Å²) in [7, 11) is 2.49. The van der Waals surface area contributed by atoms with Crippen molar-refractivity contribution in [2.24, 2.45) is 0 Å². The van der Waals surface area contributed by atoms with Gasteiger partial charge in [0.25, 0.3) is 0 Å². The van der Waals surface area contributed by atoms with Gasteiger partial charge in [-0.25, -0.2) is 14.6 Å². The summed E-state index contributed by atoms with van der Waals surface area (Å²) >= 11 is 0. The number of aromatic nitrogens is 1. The molecule has 5 heteroatoms. The number of rotatable bonds is 3. The maximum atomic E-state index is 11.6. The lowest BCUT2D eigenvalue weighted by atomic mass is 10.0. The quantitative estimate of drug-likeness (QED) is 0.750. The molecule has 17 heavy (non-hydrogen) atoms. The van der Waals surface area contributed by atoms with Gasteiger partial charge in [-0.1, -0.05) is 13.8 Å². The maximum Gasteiger partial charge on any atom is 0.357 e. The Morgan fingerprint density at radius 1 is 1.18 bits per heavy atom. The molecule has 0 aromatic carbocycles. The first-order chi connectivity index (χ1) is 8.01. The van der Waals surface area contributed by atoms with E-state index in [1.165, 1.54) is 14.2 Å². The first kappa shape index (κ1) is 13.2. The van der Waals surface area contributed by atoms with Crippen LogP contribution in [0, 0.1) is 0 Å². The van der Waals surface area contributed by atoms with Gasteiger partial charge in [0.05, 0.1) is 19.8 Å². The molecule has 0 radical (unpaired) electrons. The van der Waals surface area contributed by atoms with Crippen molar-refractivity contribution in [3.05, 3.63) is 29.1 Å². The van der Waals surface area contributed by atoms with Crippen molar-refractivity contribution in [1.29, 1.82) is 0 Å². The zero-order valence-corrected chi connectivity index (χ0v) is 10.3. The second-order valence-corrected chi connectivity index (χ2v) is 3.80. The molecule has 0 N–H and O–H groups in total. The van der Waals surface area contributed by atoms with Gasteiger partial charge in [-0.2, -0.15) is 0 Å². The highest BCUT2D eigenvalue weighted by Gasteiger charge is 2.21. The second kappa shape index (κ2) is 5.43. The molecule has 5 nitrogen and oxygen atoms in total. The summed E-state index contributed by atoms with van der Waals surface area (Å²) in [4.78, 5) is 27.0. The molecule has 0 saturated heterocycles. The van der Waals surface area contributed by atoms with Gasteiger partial charge in [-0.05, 0) is 17.5 Å². The van der Waals surface area contributed by atoms with Crippen LogP contribution >= 0.6 is 0 Å². The normalized spacial score (nSPS) is 10.2. The zero-order valence-electron chi connectivity index (χ0n) is 10.3. The van der Waals surface area contributed by atoms with Crippen molar-refractivity contribution in [2.45, 2.75) is 19.8 Å². The fourth-order valence-corrected chi connectivity index (χ4v) is 1.32. The van der Waals surface area contributed by atoms with E-state index in [1.54, 1.807) is 12.3 Å². The van der Waals surface area contributed by atoms with Crippen LogP contribution in [0.2, 0.25) is 0 Å². The Labute approximate surface area is 99.8 Å². The third-order valence-electron chi connectivity index (χ3n) is 2.36. The molecular weight excluding hydrogens is 222 g/mol. The van der Waals surface area contributed by atoms with Gasteiger partial charge in [-0.15, -0.1) is 0 Å². The maximum absolute atomic E-state index is 11.6. The Morgan fingerprint density at radius 2 is 1.76 bits per heavy atom. The van der Waals surface area contributed by atoms with E-state index in [4.69, 9.17) is 0 Å². The third-order valence-corrected chi connectivity index (χ3v) is 2.36. The molecule has 0 aliphatic carbocycles. The summed E-state index contributed by atoms with van der Waals surface area (Å²) in [6, 6.07) is 1.61. The molecule has 92 valence electrons. The molecule has 1 heterocycles. The fourth-order valence-electron chi connectivity index (χ4n) is 1.32. The predicted octanol–water partition coefficient (Wildman–Crippen LogP) is 1.78. The summed E-state index contributed by atoms with van der Waals surface area (Å²) in [5.41, 5.74) is 0.965. The minimum absolute atomic E-state index is 0.0243. The van der Waals surface area contributed by atoms with Crippen LogP contribution in [-0.4, -0.2) is 31.1 Å². The topological polar surface area (TPSA) is 65.5 Å². The van der Waals surface area contributed by atoms with Crippen LogP contribution in [0.4, 0.5) is 0 Å². The highest BCUT2D eigenvalue weighted by atomic mass is 16.5. The second-order valence-electron chi connectivity index (χ2n) is 3.80. The van der Waals surface area contributed by atoms with E-state index in [9.17, 15) is 9.59 Å². The summed E-state index contributed by atoms with van der Waals surface area (Å²) in [6.45, 7) is 3.94. The summed E-state index contributed by atoms with van der Waals surface area (Å²) in [5, 5.41) is 0. The van der Waals surface area contributed by atoms with E-state index in [0.29, 0.717) is 0 Å². The molecule has 0 spiro atoms. The van der Waals surface area contributed by atoms with Gasteiger partial charge in [0.15, 0.2) is 5.69 Å². The Bertz CT molecular complexity index is 440. The van der Waals surface area contributed by atoms with Crippen LogP contribution < -0.4 is 0 Å². The number of esters is 2. The van der Waals surface area contributed by atoms with Crippen LogP contribution in [0.25, 0.3) is 0 Å². The monoisotopic (exact) mass is 237 g/mol. The van der Waals surface area contributed by atoms with Gasteiger partial charge >= 0.3 is 11.9 Å². The van der Waals surface area contributed by atoms with Gasteiger partial charge in [0.2, 0.25) is 0 Å². The van der Waals surface area contributed by atoms with Crippen LogP contribution in [0.15, 0.2) is 12.3 Å². The van der Waals surface area contributed by atoms with Crippen molar-refractivity contribution in [3.8, 4) is 0 Å². The van der Waals surface area contributed by atoms with Crippen LogP contribution in [0.1, 0.15) is 46.2 Å². The highest BCUT2D eigenvalue weighted by Crippen LogP contribution is 2.18. The van der Waals surface area contributed by atoms with E-state index in [2.05, 4.69) is 14.5 Å². The minimum Gasteiger partial charge on any atom is -0.465 e. The third kappa shape index (κ3) is 2.81. The molecule has 0 saturated carbocycles. The number of pyridine rings is 1. The number of hydrogen-bond donors (Lipinski definition) is 0. The Hall–Kier alpha value is -1.91. The number of ether oxygens (including phenoxy) is 2. The number of carbonyl (C=O) groups is 2. The van der Waals surface area contributed by atoms with E-state index in [0.717, 1.165) is 5.56 Å². The van der Waals surface area contributed by atoms with Gasteiger partial charge in [-0.3, -0.25) is 0 Å². The van der Waals surface area contributed by atoms with E-state index < -0.39 is 11.9 Å². The Kier molecular flexibility index (Phi) is 4.20. The highest BCUT2D eigenvalue weighted by molar-refractivity contribution is 6.01. The predicted molar refractivity (Wildman–Crippen MR) is 61.0 cm³/mol. The number of carbonyl (C=O) groups excluding carboxylic acids is 2. The first-order valence-electron chi connectivity index (χ1n) is 5.17. The average molecular weight is 237 g/mol. The lowest BCUT2D eigenvalue weighted by molar-refractivity contribution is 0.0549. The molecule has 0 aliphatic rings. The Morgan fingerprint density at radius 3 is 2.24 bits per heavy atom. The SMILES string of the molecule is COC(=O)c1cc(C(C)C)cnc1C(=O)OC. The summed E-state index contributed by atoms with van der Waals surface area (Å²) in [5.74, 6) is -1.04. The van der Waals surface area contributed by atoms with Gasteiger partial charge in [0.1, 0.15) is 0 Å². The molecule has 1 aromatic heterocycles. The fraction of sp³-hybridized carbons (Fsp3) is 0.417. The van der Waals surface area contributed by atoms with Crippen molar-refractivity contribution in [3.63, 3.8) is 0 Å². The minimum atomic E-state index is -0.652. The van der Waals surface area contributed by atoms with Gasteiger partial charge < -0.3 is 9.47 Å². The smallest absolute Gasteiger partial charge is 0.357 e. The number of nitrogens with zero attached hydrogens (tertiary/aromatic N) is 1. The van der Waals surface area contributed by atoms with E-state index >= 15 is 0 Å². The van der Waals surface area contributed by atoms with Crippen LogP contribution in [-0.2, 0) is 9.47 Å². The standard InChI is InChI=1S/C12H15NO4/c1-7(2)8-5-9(11(14)16-3)10(13-6-8)12(15)17-4/h5-7H,1-4H3. The Balaban J connectivity index is 3.31. The van der Waals surface area contributed by atoms with Crippen molar-refractivity contribution >= 4 is 11.9 Å². The lowest BCUT2D eigenvalue weighted by Crippen LogP contribution is -2.14. The first-order valence-corrected chi connectivity index (χ1v) is 5.17. The zero-order chi connectivity index (χ0) is 13.0. The summed E-state index contributed by atoms with van der Waals surface area (Å²) in [6.07, 6.45) is 1.56. The molecule has 0 atom stereocenters. The van der Waals surface area contributed by atoms with Crippen molar-refractivity contribution in [1.82, 2.24) is 4.98 Å². The van der Waals surface area contributed by atoms with Crippen LogP contribution in [0.3, 0.4) is 0 Å². The van der Waals surface area contributed by atoms with Gasteiger partial charge in [0, 0.05) is 6.20 Å². The molecule has 0 aliphatic heterocycles.